The van der Waals surface area contributed by atoms with E-state index in [0.29, 0.717) is 41.5 Å². The van der Waals surface area contributed by atoms with E-state index in [1.54, 1.807) is 58.0 Å². The molecule has 14 nitrogen and oxygen atoms in total. The minimum Gasteiger partial charge on any atom is -0.468 e. The highest BCUT2D eigenvalue weighted by atomic mass is 19.1. The predicted octanol–water partition coefficient (Wildman–Crippen LogP) is 6.80. The van der Waals surface area contributed by atoms with Gasteiger partial charge in [-0.3, -0.25) is 14.4 Å². The Morgan fingerprint density at radius 3 is 2.51 bits per heavy atom. The molecule has 0 bridgehead atoms. The molecular formula is C44H51F3N8O6. The first-order valence-corrected chi connectivity index (χ1v) is 20.7. The monoisotopic (exact) mass is 844 g/mol. The lowest BCUT2D eigenvalue weighted by atomic mass is 9.91. The zero-order chi connectivity index (χ0) is 43.2. The molecule has 0 unspecified atom stereocenters. The van der Waals surface area contributed by atoms with Crippen LogP contribution >= 0.6 is 0 Å². The second kappa shape index (κ2) is 17.0. The second-order valence-corrected chi connectivity index (χ2v) is 16.5. The van der Waals surface area contributed by atoms with E-state index in [1.807, 2.05) is 4.90 Å². The van der Waals surface area contributed by atoms with Gasteiger partial charge in [-0.2, -0.15) is 15.1 Å². The number of aryl methyl sites for hydroxylation is 2. The average Bonchev–Trinajstić information content (AvgIpc) is 3.90. The molecule has 0 saturated carbocycles. The van der Waals surface area contributed by atoms with Gasteiger partial charge in [-0.15, -0.1) is 0 Å². The fourth-order valence-corrected chi connectivity index (χ4v) is 9.22. The van der Waals surface area contributed by atoms with Crippen molar-refractivity contribution in [3.63, 3.8) is 0 Å². The Labute approximate surface area is 352 Å². The van der Waals surface area contributed by atoms with Crippen LogP contribution in [0, 0.1) is 17.5 Å². The first kappa shape index (κ1) is 42.0. The smallest absolute Gasteiger partial charge is 0.409 e. The van der Waals surface area contributed by atoms with Crippen LogP contribution in [-0.4, -0.2) is 126 Å². The van der Waals surface area contributed by atoms with E-state index in [-0.39, 0.29) is 84.5 Å². The Morgan fingerprint density at radius 1 is 0.934 bits per heavy atom. The molecule has 3 aliphatic heterocycles. The summed E-state index contributed by atoms with van der Waals surface area (Å²) in [5.41, 5.74) is 0.467. The number of amides is 2. The molecule has 2 saturated heterocycles. The molecule has 0 spiro atoms. The van der Waals surface area contributed by atoms with Gasteiger partial charge in [0.15, 0.2) is 18.3 Å². The van der Waals surface area contributed by atoms with Crippen LogP contribution in [0.4, 0.5) is 23.8 Å². The normalized spacial score (nSPS) is 18.9. The largest absolute Gasteiger partial charge is 0.468 e. The molecule has 2 fully saturated rings. The molecular weight excluding hydrogens is 794 g/mol. The first-order valence-electron chi connectivity index (χ1n) is 20.7. The molecule has 17 heteroatoms. The van der Waals surface area contributed by atoms with Crippen LogP contribution < -0.4 is 14.4 Å². The molecule has 2 aromatic heterocycles. The average molecular weight is 845 g/mol. The number of hydrogen-bond acceptors (Lipinski definition) is 11. The first-order chi connectivity index (χ1) is 29.3. The lowest BCUT2D eigenvalue weighted by Crippen LogP contribution is -2.48. The van der Waals surface area contributed by atoms with Gasteiger partial charge in [-0.05, 0) is 97.3 Å². The Morgan fingerprint density at radius 2 is 1.75 bits per heavy atom. The molecule has 0 aliphatic carbocycles. The molecule has 324 valence electrons. The summed E-state index contributed by atoms with van der Waals surface area (Å²) in [6.07, 6.45) is 3.80. The van der Waals surface area contributed by atoms with E-state index in [4.69, 9.17) is 23.9 Å². The summed E-state index contributed by atoms with van der Waals surface area (Å²) in [6, 6.07) is 8.95. The zero-order valence-corrected chi connectivity index (χ0v) is 35.4. The molecule has 2 amide bonds. The van der Waals surface area contributed by atoms with Crippen LogP contribution in [-0.2, 0) is 29.0 Å². The van der Waals surface area contributed by atoms with Crippen molar-refractivity contribution in [2.75, 3.05) is 73.3 Å². The molecule has 3 aliphatic rings. The molecule has 61 heavy (non-hydrogen) atoms. The van der Waals surface area contributed by atoms with E-state index in [2.05, 4.69) is 15.0 Å². The topological polar surface area (TPSA) is 128 Å². The summed E-state index contributed by atoms with van der Waals surface area (Å²) < 4.78 is 74.7. The summed E-state index contributed by atoms with van der Waals surface area (Å²) in [6.45, 7) is 4.11. The van der Waals surface area contributed by atoms with Gasteiger partial charge in [-0.1, -0.05) is 13.0 Å². The minimum atomic E-state index is -0.969. The molecule has 2 atom stereocenters. The highest BCUT2D eigenvalue weighted by Gasteiger charge is 2.50. The Balaban J connectivity index is 1.24. The van der Waals surface area contributed by atoms with Crippen LogP contribution in [0.3, 0.4) is 0 Å². The number of carbonyl (C=O) groups is 2. The van der Waals surface area contributed by atoms with Crippen LogP contribution in [0.15, 0.2) is 36.4 Å². The lowest BCUT2D eigenvalue weighted by molar-refractivity contribution is 0.0484. The van der Waals surface area contributed by atoms with Crippen LogP contribution in [0.25, 0.3) is 32.8 Å². The summed E-state index contributed by atoms with van der Waals surface area (Å²) in [5.74, 6) is -2.07. The van der Waals surface area contributed by atoms with Crippen molar-refractivity contribution in [3.05, 3.63) is 70.8 Å². The number of hydrogen-bond donors (Lipinski definition) is 0. The fraction of sp³-hybridized carbons (Fsp3) is 0.477. The highest BCUT2D eigenvalue weighted by Crippen LogP contribution is 2.45. The van der Waals surface area contributed by atoms with Gasteiger partial charge >= 0.3 is 12.1 Å². The van der Waals surface area contributed by atoms with E-state index in [9.17, 15) is 9.59 Å². The summed E-state index contributed by atoms with van der Waals surface area (Å²) >= 11 is 0. The number of aromatic nitrogens is 4. The number of rotatable bonds is 12. The molecule has 8 rings (SSSR count). The number of methoxy groups -OCH3 is 1. The van der Waals surface area contributed by atoms with E-state index >= 15 is 13.2 Å². The van der Waals surface area contributed by atoms with Gasteiger partial charge in [0, 0.05) is 59.8 Å². The van der Waals surface area contributed by atoms with Crippen LogP contribution in [0.5, 0.6) is 11.8 Å². The molecule has 5 aromatic rings. The standard InChI is InChI=1S/C44H51F3N8O6/c1-7-30-33(45)11-10-26-18-29(61-25-58-6)20-31(36(26)30)37-34(46)21-32-39(38(37)47)48-42(60-24-44-13-8-16-54(44)27(12-14-44)23-59-43(57)52(4)5)49-40(32)53-15-9-17-55-28(22-53)19-35(50-55)41(56)51(2)3/h10-11,18-21,27H,7-9,12-17,22-25H2,1-6H3/t27-,44+/m0/s1. The summed E-state index contributed by atoms with van der Waals surface area (Å²) in [7, 11) is 8.07. The fourth-order valence-electron chi connectivity index (χ4n) is 9.22. The minimum absolute atomic E-state index is 0.00795. The third-order valence-electron chi connectivity index (χ3n) is 12.2. The Kier molecular flexibility index (Phi) is 11.7. The van der Waals surface area contributed by atoms with Gasteiger partial charge in [0.2, 0.25) is 0 Å². The van der Waals surface area contributed by atoms with E-state index < -0.39 is 29.1 Å². The Hall–Kier alpha value is -5.68. The number of benzene rings is 3. The lowest BCUT2D eigenvalue weighted by Gasteiger charge is -2.34. The van der Waals surface area contributed by atoms with Crippen LogP contribution in [0.2, 0.25) is 0 Å². The van der Waals surface area contributed by atoms with Gasteiger partial charge < -0.3 is 33.6 Å². The van der Waals surface area contributed by atoms with Crippen molar-refractivity contribution in [2.45, 2.75) is 70.1 Å². The van der Waals surface area contributed by atoms with Gasteiger partial charge in [0.05, 0.1) is 23.3 Å². The maximum absolute atomic E-state index is 17.6. The predicted molar refractivity (Wildman–Crippen MR) is 222 cm³/mol. The number of carbonyl (C=O) groups excluding carboxylic acids is 2. The van der Waals surface area contributed by atoms with Crippen molar-refractivity contribution < 1.29 is 41.7 Å². The quantitative estimate of drug-likeness (QED) is 0.123. The van der Waals surface area contributed by atoms with E-state index in [0.717, 1.165) is 37.9 Å². The number of ether oxygens (including phenoxy) is 4. The van der Waals surface area contributed by atoms with Crippen molar-refractivity contribution in [3.8, 4) is 22.9 Å². The van der Waals surface area contributed by atoms with Crippen molar-refractivity contribution in [2.24, 2.45) is 0 Å². The Bertz CT molecular complexity index is 2500. The van der Waals surface area contributed by atoms with E-state index in [1.165, 1.54) is 35.1 Å². The summed E-state index contributed by atoms with van der Waals surface area (Å²) in [5, 5.41) is 5.57. The number of halogens is 3. The van der Waals surface area contributed by atoms with Crippen molar-refractivity contribution in [1.29, 1.82) is 0 Å². The molecule has 0 radical (unpaired) electrons. The maximum atomic E-state index is 17.6. The second-order valence-electron chi connectivity index (χ2n) is 16.5. The summed E-state index contributed by atoms with van der Waals surface area (Å²) in [4.78, 5) is 41.8. The van der Waals surface area contributed by atoms with Crippen molar-refractivity contribution in [1.82, 2.24) is 34.4 Å². The molecule has 3 aromatic carbocycles. The zero-order valence-electron chi connectivity index (χ0n) is 35.4. The van der Waals surface area contributed by atoms with Gasteiger partial charge in [0.25, 0.3) is 5.91 Å². The molecule has 0 N–H and O–H groups in total. The number of anilines is 1. The SMILES string of the molecule is CCc1c(F)ccc2cc(OCOC)cc(-c3c(F)cc4c(N5CCCn6nc(C(=O)N(C)C)cc6C5)nc(OC[C@]56CCCN5[C@H](COC(=O)N(C)C)CC6)nc4c3F)c12. The third kappa shape index (κ3) is 7.89. The number of fused-ring (bicyclic) bond motifs is 4. The highest BCUT2D eigenvalue weighted by molar-refractivity contribution is 6.03. The maximum Gasteiger partial charge on any atom is 0.409 e. The third-order valence-corrected chi connectivity index (χ3v) is 12.2. The number of nitrogens with zero attached hydrogens (tertiary/aromatic N) is 8. The molecule has 5 heterocycles. The van der Waals surface area contributed by atoms with Crippen molar-refractivity contribution >= 4 is 39.5 Å². The van der Waals surface area contributed by atoms with Gasteiger partial charge in [-0.25, -0.2) is 18.0 Å². The van der Waals surface area contributed by atoms with Gasteiger partial charge in [0.1, 0.15) is 41.9 Å². The van der Waals surface area contributed by atoms with Crippen LogP contribution in [0.1, 0.15) is 60.8 Å².